The first-order valence-electron chi connectivity index (χ1n) is 1.37. The Balaban J connectivity index is 0.000000360. The van der Waals surface area contributed by atoms with Gasteiger partial charge in [-0.2, -0.15) is 5.48 Å². The number of hydrogen-bond acceptors (Lipinski definition) is 4. The molecule has 0 fully saturated rings. The molecule has 0 unspecified atom stereocenters. The first-order chi connectivity index (χ1) is 2.89. The van der Waals surface area contributed by atoms with Crippen LogP contribution in [-0.2, 0) is 9.88 Å². The van der Waals surface area contributed by atoms with Crippen molar-refractivity contribution in [3.8, 4) is 0 Å². The SMILES string of the molecule is Cl.OC1=COON1. The molecule has 1 rings (SSSR count). The van der Waals surface area contributed by atoms with Gasteiger partial charge in [0.25, 0.3) is 5.88 Å². The molecule has 0 spiro atoms. The first-order valence-corrected chi connectivity index (χ1v) is 1.37. The highest BCUT2D eigenvalue weighted by molar-refractivity contribution is 5.85. The summed E-state index contributed by atoms with van der Waals surface area (Å²) in [6, 6.07) is 0. The van der Waals surface area contributed by atoms with Crippen molar-refractivity contribution in [2.45, 2.75) is 0 Å². The largest absolute Gasteiger partial charge is 0.491 e. The van der Waals surface area contributed by atoms with Crippen LogP contribution in [0.3, 0.4) is 0 Å². The van der Waals surface area contributed by atoms with Crippen molar-refractivity contribution in [1.82, 2.24) is 5.48 Å². The number of rotatable bonds is 0. The molecule has 1 aliphatic rings. The zero-order valence-corrected chi connectivity index (χ0v) is 4.07. The smallest absolute Gasteiger partial charge is 0.252 e. The van der Waals surface area contributed by atoms with E-state index in [0.717, 1.165) is 6.26 Å². The van der Waals surface area contributed by atoms with Gasteiger partial charge in [-0.3, -0.25) is 0 Å². The minimum absolute atomic E-state index is 0. The summed E-state index contributed by atoms with van der Waals surface area (Å²) < 4.78 is 0. The van der Waals surface area contributed by atoms with Crippen LogP contribution in [0.4, 0.5) is 0 Å². The molecule has 0 atom stereocenters. The van der Waals surface area contributed by atoms with Gasteiger partial charge >= 0.3 is 0 Å². The maximum atomic E-state index is 8.23. The lowest BCUT2D eigenvalue weighted by Gasteiger charge is -1.83. The second-order valence-electron chi connectivity index (χ2n) is 0.785. The second-order valence-corrected chi connectivity index (χ2v) is 0.785. The van der Waals surface area contributed by atoms with Crippen LogP contribution in [0.25, 0.3) is 0 Å². The molecular weight excluding hydrogens is 121 g/mol. The van der Waals surface area contributed by atoms with Crippen LogP contribution < -0.4 is 5.48 Å². The third kappa shape index (κ3) is 1.52. The van der Waals surface area contributed by atoms with E-state index in [1.807, 2.05) is 5.48 Å². The van der Waals surface area contributed by atoms with Crippen molar-refractivity contribution < 1.29 is 15.0 Å². The Kier molecular flexibility index (Phi) is 2.32. The van der Waals surface area contributed by atoms with Gasteiger partial charge in [0.15, 0.2) is 6.26 Å². The summed E-state index contributed by atoms with van der Waals surface area (Å²) >= 11 is 0. The Hall–Kier alpha value is -0.610. The van der Waals surface area contributed by atoms with Crippen LogP contribution >= 0.6 is 12.4 Å². The number of aliphatic hydroxyl groups is 1. The molecule has 0 aromatic heterocycles. The molecule has 1 aliphatic heterocycles. The van der Waals surface area contributed by atoms with Crippen LogP contribution in [0.15, 0.2) is 12.1 Å². The first kappa shape index (κ1) is 6.39. The molecule has 0 bridgehead atoms. The summed E-state index contributed by atoms with van der Waals surface area (Å²) in [5, 5.41) is 8.23. The Morgan fingerprint density at radius 3 is 2.57 bits per heavy atom. The molecule has 0 saturated carbocycles. The lowest BCUT2D eigenvalue weighted by molar-refractivity contribution is -0.267. The van der Waals surface area contributed by atoms with Gasteiger partial charge in [0.05, 0.1) is 0 Å². The standard InChI is InChI=1S/C2H3NO3.ClH/c4-2-1-5-6-3-2;/h1,3-4H;1H. The summed E-state index contributed by atoms with van der Waals surface area (Å²) in [5.41, 5.74) is 2.01. The number of halogens is 1. The molecule has 0 aromatic rings. The summed E-state index contributed by atoms with van der Waals surface area (Å²) in [5.74, 6) is -0.116. The second kappa shape index (κ2) is 2.54. The van der Waals surface area contributed by atoms with Crippen molar-refractivity contribution in [3.63, 3.8) is 0 Å². The predicted molar refractivity (Wildman–Crippen MR) is 23.3 cm³/mol. The van der Waals surface area contributed by atoms with Crippen molar-refractivity contribution in [2.24, 2.45) is 0 Å². The average Bonchev–Trinajstić information content (AvgIpc) is 1.86. The maximum absolute atomic E-state index is 8.23. The molecular formula is C2H4ClNO3. The van der Waals surface area contributed by atoms with Crippen LogP contribution in [0.5, 0.6) is 0 Å². The van der Waals surface area contributed by atoms with E-state index in [0.29, 0.717) is 0 Å². The van der Waals surface area contributed by atoms with E-state index in [4.69, 9.17) is 5.11 Å². The van der Waals surface area contributed by atoms with Gasteiger partial charge in [0.1, 0.15) is 0 Å². The topological polar surface area (TPSA) is 50.7 Å². The zero-order valence-electron chi connectivity index (χ0n) is 3.25. The Bertz CT molecular complexity index is 83.0. The number of hydroxylamine groups is 1. The maximum Gasteiger partial charge on any atom is 0.252 e. The fourth-order valence-corrected chi connectivity index (χ4v) is 0.160. The number of nitrogens with one attached hydrogen (secondary N) is 1. The molecule has 2 N–H and O–H groups in total. The summed E-state index contributed by atoms with van der Waals surface area (Å²) in [6.07, 6.45) is 1.04. The third-order valence-corrected chi connectivity index (χ3v) is 0.354. The fourth-order valence-electron chi connectivity index (χ4n) is 0.160. The highest BCUT2D eigenvalue weighted by Gasteiger charge is 1.98. The van der Waals surface area contributed by atoms with E-state index < -0.39 is 0 Å². The van der Waals surface area contributed by atoms with Gasteiger partial charge in [-0.1, -0.05) is 4.99 Å². The monoisotopic (exact) mass is 125 g/mol. The van der Waals surface area contributed by atoms with Crippen LogP contribution in [-0.4, -0.2) is 5.11 Å². The lowest BCUT2D eigenvalue weighted by atomic mass is 10.9. The van der Waals surface area contributed by atoms with Gasteiger partial charge in [0, 0.05) is 0 Å². The van der Waals surface area contributed by atoms with Gasteiger partial charge in [-0.25, -0.2) is 0 Å². The van der Waals surface area contributed by atoms with Crippen molar-refractivity contribution >= 4 is 12.4 Å². The summed E-state index contributed by atoms with van der Waals surface area (Å²) in [7, 11) is 0. The molecule has 0 amide bonds. The van der Waals surface area contributed by atoms with Crippen LogP contribution in [0.2, 0.25) is 0 Å². The molecule has 0 saturated heterocycles. The van der Waals surface area contributed by atoms with Crippen molar-refractivity contribution in [1.29, 1.82) is 0 Å². The van der Waals surface area contributed by atoms with E-state index in [2.05, 4.69) is 9.88 Å². The van der Waals surface area contributed by atoms with Gasteiger partial charge in [-0.05, 0) is 0 Å². The minimum atomic E-state index is -0.116. The molecule has 0 radical (unpaired) electrons. The zero-order chi connectivity index (χ0) is 4.41. The Morgan fingerprint density at radius 2 is 2.43 bits per heavy atom. The normalized spacial score (nSPS) is 15.7. The summed E-state index contributed by atoms with van der Waals surface area (Å²) in [4.78, 5) is 8.00. The lowest BCUT2D eigenvalue weighted by Crippen LogP contribution is -2.03. The Morgan fingerprint density at radius 1 is 1.71 bits per heavy atom. The quantitative estimate of drug-likeness (QED) is 0.455. The highest BCUT2D eigenvalue weighted by atomic mass is 35.5. The molecule has 7 heavy (non-hydrogen) atoms. The highest BCUT2D eigenvalue weighted by Crippen LogP contribution is 1.91. The van der Waals surface area contributed by atoms with Crippen molar-refractivity contribution in [2.75, 3.05) is 0 Å². The molecule has 4 nitrogen and oxygen atoms in total. The van der Waals surface area contributed by atoms with E-state index in [1.54, 1.807) is 0 Å². The number of aliphatic hydroxyl groups excluding tert-OH is 1. The summed E-state index contributed by atoms with van der Waals surface area (Å²) in [6.45, 7) is 0. The number of hydrogen-bond donors (Lipinski definition) is 2. The van der Waals surface area contributed by atoms with Crippen LogP contribution in [0, 0.1) is 0 Å². The van der Waals surface area contributed by atoms with E-state index in [-0.39, 0.29) is 18.3 Å². The Labute approximate surface area is 46.0 Å². The van der Waals surface area contributed by atoms with E-state index >= 15 is 0 Å². The third-order valence-electron chi connectivity index (χ3n) is 0.354. The molecule has 1 heterocycles. The average molecular weight is 126 g/mol. The van der Waals surface area contributed by atoms with Gasteiger partial charge < -0.3 is 9.99 Å². The minimum Gasteiger partial charge on any atom is -0.491 e. The van der Waals surface area contributed by atoms with Crippen molar-refractivity contribution in [3.05, 3.63) is 12.1 Å². The van der Waals surface area contributed by atoms with E-state index in [9.17, 15) is 0 Å². The molecule has 0 aromatic carbocycles. The fraction of sp³-hybridized carbons (Fsp3) is 0. The van der Waals surface area contributed by atoms with Gasteiger partial charge in [-0.15, -0.1) is 12.4 Å². The van der Waals surface area contributed by atoms with E-state index in [1.165, 1.54) is 0 Å². The molecule has 0 aliphatic carbocycles. The van der Waals surface area contributed by atoms with Gasteiger partial charge in [0.2, 0.25) is 0 Å². The molecule has 5 heteroatoms. The van der Waals surface area contributed by atoms with Crippen LogP contribution in [0.1, 0.15) is 0 Å². The predicted octanol–water partition coefficient (Wildman–Crippen LogP) is 0.231. The molecule has 42 valence electrons.